The Hall–Kier alpha value is -1.10. The lowest BCUT2D eigenvalue weighted by Crippen LogP contribution is -2.55. The second kappa shape index (κ2) is 4.95. The fraction of sp³-hybridized carbons (Fsp3) is 0.778. The van der Waals surface area contributed by atoms with Gasteiger partial charge < -0.3 is 16.0 Å². The molecule has 0 radical (unpaired) electrons. The maximum absolute atomic E-state index is 11.6. The summed E-state index contributed by atoms with van der Waals surface area (Å²) < 4.78 is 0. The van der Waals surface area contributed by atoms with Gasteiger partial charge in [-0.05, 0) is 19.9 Å². The van der Waals surface area contributed by atoms with E-state index >= 15 is 0 Å². The lowest BCUT2D eigenvalue weighted by molar-refractivity contribution is -0.142. The first-order chi connectivity index (χ1) is 6.66. The van der Waals surface area contributed by atoms with Crippen molar-refractivity contribution in [3.63, 3.8) is 0 Å². The van der Waals surface area contributed by atoms with Crippen LogP contribution in [0.3, 0.4) is 0 Å². The van der Waals surface area contributed by atoms with Gasteiger partial charge in [0.25, 0.3) is 0 Å². The molecule has 1 saturated heterocycles. The van der Waals surface area contributed by atoms with E-state index in [9.17, 15) is 9.59 Å². The molecule has 0 aromatic rings. The largest absolute Gasteiger partial charge is 0.353 e. The van der Waals surface area contributed by atoms with Crippen LogP contribution in [0.4, 0.5) is 0 Å². The van der Waals surface area contributed by atoms with Crippen LogP contribution in [0.5, 0.6) is 0 Å². The van der Waals surface area contributed by atoms with Crippen LogP contribution in [0, 0.1) is 0 Å². The molecule has 0 aromatic heterocycles. The Morgan fingerprint density at radius 1 is 1.71 bits per heavy atom. The van der Waals surface area contributed by atoms with Crippen LogP contribution in [0.1, 0.15) is 19.8 Å². The highest BCUT2D eigenvalue weighted by atomic mass is 16.2. The number of rotatable bonds is 3. The van der Waals surface area contributed by atoms with E-state index in [0.717, 1.165) is 0 Å². The van der Waals surface area contributed by atoms with Crippen LogP contribution in [0.15, 0.2) is 0 Å². The zero-order valence-corrected chi connectivity index (χ0v) is 8.45. The van der Waals surface area contributed by atoms with Crippen molar-refractivity contribution in [2.24, 2.45) is 5.73 Å². The Kier molecular flexibility index (Phi) is 3.88. The van der Waals surface area contributed by atoms with E-state index in [1.807, 2.05) is 0 Å². The molecule has 1 atom stereocenters. The van der Waals surface area contributed by atoms with Gasteiger partial charge in [0.1, 0.15) is 6.04 Å². The second-order valence-corrected chi connectivity index (χ2v) is 3.45. The van der Waals surface area contributed by atoms with Gasteiger partial charge in [0, 0.05) is 19.5 Å². The Balaban J connectivity index is 2.49. The number of carbonyl (C=O) groups excluding carboxylic acids is 2. The summed E-state index contributed by atoms with van der Waals surface area (Å²) in [7, 11) is 0. The molecule has 1 heterocycles. The van der Waals surface area contributed by atoms with Gasteiger partial charge in [-0.15, -0.1) is 0 Å². The number of nitrogens with zero attached hydrogens (tertiary/aromatic N) is 1. The summed E-state index contributed by atoms with van der Waals surface area (Å²) in [5.74, 6) is -0.0462. The Labute approximate surface area is 83.6 Å². The number of nitrogens with two attached hydrogens (primary N) is 1. The van der Waals surface area contributed by atoms with E-state index in [2.05, 4.69) is 5.32 Å². The Bertz CT molecular complexity index is 230. The van der Waals surface area contributed by atoms with E-state index in [0.29, 0.717) is 32.5 Å². The fourth-order valence-electron chi connectivity index (χ4n) is 1.52. The van der Waals surface area contributed by atoms with E-state index in [4.69, 9.17) is 5.73 Å². The average Bonchev–Trinajstić information content (AvgIpc) is 2.18. The highest BCUT2D eigenvalue weighted by Gasteiger charge is 2.28. The first-order valence-corrected chi connectivity index (χ1v) is 4.94. The zero-order chi connectivity index (χ0) is 10.6. The van der Waals surface area contributed by atoms with Crippen molar-refractivity contribution in [2.75, 3.05) is 19.6 Å². The van der Waals surface area contributed by atoms with E-state index < -0.39 is 0 Å². The summed E-state index contributed by atoms with van der Waals surface area (Å²) in [4.78, 5) is 24.5. The molecule has 3 N–H and O–H groups in total. The minimum absolute atomic E-state index is 0.0257. The molecule has 14 heavy (non-hydrogen) atoms. The molecule has 0 aromatic carbocycles. The number of amides is 2. The van der Waals surface area contributed by atoms with Gasteiger partial charge in [-0.2, -0.15) is 0 Å². The van der Waals surface area contributed by atoms with Gasteiger partial charge in [-0.25, -0.2) is 0 Å². The van der Waals surface area contributed by atoms with Gasteiger partial charge in [0.05, 0.1) is 0 Å². The number of piperazine rings is 1. The molecule has 1 aliphatic heterocycles. The van der Waals surface area contributed by atoms with Gasteiger partial charge in [0.15, 0.2) is 0 Å². The molecule has 0 bridgehead atoms. The molecule has 2 amide bonds. The molecular weight excluding hydrogens is 182 g/mol. The molecule has 1 rings (SSSR count). The smallest absolute Gasteiger partial charge is 0.242 e. The van der Waals surface area contributed by atoms with Crippen LogP contribution >= 0.6 is 0 Å². The normalized spacial score (nSPS) is 22.0. The van der Waals surface area contributed by atoms with Crippen LogP contribution in [0.2, 0.25) is 0 Å². The fourth-order valence-corrected chi connectivity index (χ4v) is 1.52. The number of hydrogen-bond donors (Lipinski definition) is 2. The third-order valence-corrected chi connectivity index (χ3v) is 2.41. The predicted octanol–water partition coefficient (Wildman–Crippen LogP) is -0.928. The maximum Gasteiger partial charge on any atom is 0.242 e. The van der Waals surface area contributed by atoms with Crippen molar-refractivity contribution in [3.05, 3.63) is 0 Å². The molecule has 0 spiro atoms. The van der Waals surface area contributed by atoms with E-state index in [1.54, 1.807) is 11.8 Å². The van der Waals surface area contributed by atoms with Crippen LogP contribution in [-0.4, -0.2) is 42.4 Å². The third kappa shape index (κ3) is 2.45. The third-order valence-electron chi connectivity index (χ3n) is 2.41. The number of hydrogen-bond acceptors (Lipinski definition) is 3. The van der Waals surface area contributed by atoms with Crippen molar-refractivity contribution < 1.29 is 9.59 Å². The van der Waals surface area contributed by atoms with Gasteiger partial charge >= 0.3 is 0 Å². The first kappa shape index (κ1) is 11.0. The highest BCUT2D eigenvalue weighted by molar-refractivity contribution is 5.88. The minimum Gasteiger partial charge on any atom is -0.353 e. The lowest BCUT2D eigenvalue weighted by atomic mass is 10.1. The highest BCUT2D eigenvalue weighted by Crippen LogP contribution is 2.06. The summed E-state index contributed by atoms with van der Waals surface area (Å²) in [6.45, 7) is 3.42. The Morgan fingerprint density at radius 2 is 2.43 bits per heavy atom. The molecule has 5 nitrogen and oxygen atoms in total. The molecule has 80 valence electrons. The summed E-state index contributed by atoms with van der Waals surface area (Å²) in [5.41, 5.74) is 5.32. The standard InChI is InChI=1S/C9H17N3O2/c1-7-9(14)11-5-6-12(7)8(13)3-2-4-10/h7H,2-6,10H2,1H3,(H,11,14). The molecule has 1 aliphatic rings. The zero-order valence-electron chi connectivity index (χ0n) is 8.45. The molecule has 0 saturated carbocycles. The summed E-state index contributed by atoms with van der Waals surface area (Å²) in [6.07, 6.45) is 1.12. The minimum atomic E-state index is -0.339. The first-order valence-electron chi connectivity index (χ1n) is 4.94. The number of carbonyl (C=O) groups is 2. The van der Waals surface area contributed by atoms with Crippen molar-refractivity contribution in [3.8, 4) is 0 Å². The molecular formula is C9H17N3O2. The summed E-state index contributed by atoms with van der Waals surface area (Å²) in [6, 6.07) is -0.339. The van der Waals surface area contributed by atoms with Crippen LogP contribution in [0.25, 0.3) is 0 Å². The molecule has 1 unspecified atom stereocenters. The lowest BCUT2D eigenvalue weighted by Gasteiger charge is -2.32. The Morgan fingerprint density at radius 3 is 3.07 bits per heavy atom. The topological polar surface area (TPSA) is 75.4 Å². The van der Waals surface area contributed by atoms with E-state index in [-0.39, 0.29) is 17.9 Å². The SMILES string of the molecule is CC1C(=O)NCCN1C(=O)CCCN. The average molecular weight is 199 g/mol. The van der Waals surface area contributed by atoms with Gasteiger partial charge in [0.2, 0.25) is 11.8 Å². The van der Waals surface area contributed by atoms with Crippen LogP contribution < -0.4 is 11.1 Å². The van der Waals surface area contributed by atoms with Crippen molar-refractivity contribution in [1.29, 1.82) is 0 Å². The van der Waals surface area contributed by atoms with Crippen molar-refractivity contribution >= 4 is 11.8 Å². The number of nitrogens with one attached hydrogen (secondary N) is 1. The monoisotopic (exact) mass is 199 g/mol. The van der Waals surface area contributed by atoms with Crippen molar-refractivity contribution in [2.45, 2.75) is 25.8 Å². The molecule has 0 aliphatic carbocycles. The molecule has 5 heteroatoms. The second-order valence-electron chi connectivity index (χ2n) is 3.45. The molecule has 1 fully saturated rings. The van der Waals surface area contributed by atoms with Gasteiger partial charge in [-0.1, -0.05) is 0 Å². The van der Waals surface area contributed by atoms with Crippen LogP contribution in [-0.2, 0) is 9.59 Å². The van der Waals surface area contributed by atoms with E-state index in [1.165, 1.54) is 0 Å². The van der Waals surface area contributed by atoms with Crippen molar-refractivity contribution in [1.82, 2.24) is 10.2 Å². The predicted molar refractivity (Wildman–Crippen MR) is 52.5 cm³/mol. The van der Waals surface area contributed by atoms with Gasteiger partial charge in [-0.3, -0.25) is 9.59 Å². The quantitative estimate of drug-likeness (QED) is 0.616. The summed E-state index contributed by atoms with van der Waals surface area (Å²) in [5, 5.41) is 2.72. The maximum atomic E-state index is 11.6. The summed E-state index contributed by atoms with van der Waals surface area (Å²) >= 11 is 0.